The Balaban J connectivity index is 0.000000347. The lowest BCUT2D eigenvalue weighted by Gasteiger charge is -2.18. The molecule has 184 valence electrons. The molecule has 0 amide bonds. The Morgan fingerprint density at radius 1 is 1.03 bits per heavy atom. The summed E-state index contributed by atoms with van der Waals surface area (Å²) in [5, 5.41) is 34.2. The lowest BCUT2D eigenvalue weighted by Crippen LogP contribution is -2.39. The summed E-state index contributed by atoms with van der Waals surface area (Å²) in [6.07, 6.45) is -4.53. The van der Waals surface area contributed by atoms with E-state index in [1.54, 1.807) is 11.3 Å². The van der Waals surface area contributed by atoms with Crippen LogP contribution < -0.4 is 4.74 Å². The second-order valence-corrected chi connectivity index (χ2v) is 8.56. The number of hydrogen-bond acceptors (Lipinski definition) is 8. The third-order valence-corrected chi connectivity index (χ3v) is 6.15. The SMILES string of the molecule is CCN(CC)CCOc1ccc(-c2nc3cc(Cl)ccc3s2)cc1.O=C(O)C(O)C(O)C(=O)O. The number of carbonyl (C=O) groups is 2. The predicted molar refractivity (Wildman–Crippen MR) is 131 cm³/mol. The van der Waals surface area contributed by atoms with Gasteiger partial charge >= 0.3 is 11.9 Å². The molecule has 1 heterocycles. The first kappa shape index (κ1) is 27.5. The van der Waals surface area contributed by atoms with Gasteiger partial charge in [-0.05, 0) is 55.6 Å². The number of thiazole rings is 1. The zero-order valence-corrected chi connectivity index (χ0v) is 20.3. The molecule has 1 aromatic heterocycles. The van der Waals surface area contributed by atoms with E-state index in [0.29, 0.717) is 6.61 Å². The van der Waals surface area contributed by atoms with E-state index < -0.39 is 24.1 Å². The molecule has 3 aromatic rings. The summed E-state index contributed by atoms with van der Waals surface area (Å²) in [6, 6.07) is 14.0. The van der Waals surface area contributed by atoms with E-state index in [0.717, 1.165) is 51.2 Å². The van der Waals surface area contributed by atoms with E-state index in [1.807, 2.05) is 30.3 Å². The van der Waals surface area contributed by atoms with E-state index in [2.05, 4.69) is 35.9 Å². The van der Waals surface area contributed by atoms with E-state index in [4.69, 9.17) is 36.8 Å². The molecule has 0 aliphatic carbocycles. The first-order valence-corrected chi connectivity index (χ1v) is 11.7. The highest BCUT2D eigenvalue weighted by Gasteiger charge is 2.29. The maximum absolute atomic E-state index is 9.77. The van der Waals surface area contributed by atoms with Crippen molar-refractivity contribution in [2.75, 3.05) is 26.2 Å². The zero-order chi connectivity index (χ0) is 25.3. The van der Waals surface area contributed by atoms with Crippen LogP contribution in [0.5, 0.6) is 5.75 Å². The molecule has 0 fully saturated rings. The van der Waals surface area contributed by atoms with Gasteiger partial charge < -0.3 is 30.1 Å². The topological polar surface area (TPSA) is 140 Å². The van der Waals surface area contributed by atoms with Crippen LogP contribution in [0.25, 0.3) is 20.8 Å². The molecule has 0 aliphatic heterocycles. The van der Waals surface area contributed by atoms with Crippen LogP contribution >= 0.6 is 22.9 Å². The fourth-order valence-corrected chi connectivity index (χ4v) is 3.94. The Morgan fingerprint density at radius 2 is 1.62 bits per heavy atom. The van der Waals surface area contributed by atoms with Crippen LogP contribution in [-0.4, -0.2) is 80.7 Å². The number of aliphatic hydroxyl groups excluding tert-OH is 2. The van der Waals surface area contributed by atoms with Crippen molar-refractivity contribution in [3.8, 4) is 16.3 Å². The summed E-state index contributed by atoms with van der Waals surface area (Å²) in [5.74, 6) is -2.64. The number of carboxylic acid groups (broad SMARTS) is 2. The number of nitrogens with zero attached hydrogens (tertiary/aromatic N) is 2. The minimum atomic E-state index is -2.27. The summed E-state index contributed by atoms with van der Waals surface area (Å²) in [5.41, 5.74) is 2.05. The van der Waals surface area contributed by atoms with Crippen molar-refractivity contribution in [1.29, 1.82) is 0 Å². The molecule has 0 saturated heterocycles. The second kappa shape index (κ2) is 13.2. The van der Waals surface area contributed by atoms with Crippen molar-refractivity contribution in [2.45, 2.75) is 26.1 Å². The number of aliphatic carboxylic acids is 2. The highest BCUT2D eigenvalue weighted by atomic mass is 35.5. The monoisotopic (exact) mass is 510 g/mol. The Morgan fingerprint density at radius 3 is 2.15 bits per heavy atom. The number of aliphatic hydroxyl groups is 2. The van der Waals surface area contributed by atoms with Gasteiger partial charge in [0.2, 0.25) is 0 Å². The van der Waals surface area contributed by atoms with Crippen LogP contribution in [0.4, 0.5) is 0 Å². The number of fused-ring (bicyclic) bond motifs is 1. The van der Waals surface area contributed by atoms with E-state index in [1.165, 1.54) is 0 Å². The largest absolute Gasteiger partial charge is 0.492 e. The van der Waals surface area contributed by atoms with Crippen molar-refractivity contribution in [2.24, 2.45) is 0 Å². The molecule has 0 radical (unpaired) electrons. The standard InChI is InChI=1S/C19H21ClN2OS.C4H6O6/c1-3-22(4-2)11-12-23-16-8-5-14(6-9-16)19-21-17-13-15(20)7-10-18(17)24-19;5-1(3(7)8)2(6)4(9)10/h5-10,13H,3-4,11-12H2,1-2H3;1-2,5-6H,(H,7,8)(H,9,10). The highest BCUT2D eigenvalue weighted by Crippen LogP contribution is 2.32. The zero-order valence-electron chi connectivity index (χ0n) is 18.7. The second-order valence-electron chi connectivity index (χ2n) is 7.10. The molecule has 11 heteroatoms. The van der Waals surface area contributed by atoms with Crippen LogP contribution in [0, 0.1) is 0 Å². The summed E-state index contributed by atoms with van der Waals surface area (Å²) in [4.78, 5) is 26.6. The van der Waals surface area contributed by atoms with Crippen molar-refractivity contribution in [3.05, 3.63) is 47.5 Å². The Hall–Kier alpha value is -2.76. The lowest BCUT2D eigenvalue weighted by molar-refractivity contribution is -0.165. The fraction of sp³-hybridized carbons (Fsp3) is 0.348. The molecule has 0 bridgehead atoms. The Bertz CT molecular complexity index is 1070. The maximum Gasteiger partial charge on any atom is 0.335 e. The van der Waals surface area contributed by atoms with Gasteiger partial charge in [-0.1, -0.05) is 25.4 Å². The van der Waals surface area contributed by atoms with Gasteiger partial charge in [-0.15, -0.1) is 11.3 Å². The molecule has 34 heavy (non-hydrogen) atoms. The number of aromatic nitrogens is 1. The molecule has 3 rings (SSSR count). The summed E-state index contributed by atoms with van der Waals surface area (Å²) in [7, 11) is 0. The normalized spacial score (nSPS) is 12.6. The molecule has 0 spiro atoms. The molecule has 2 unspecified atom stereocenters. The summed E-state index contributed by atoms with van der Waals surface area (Å²) < 4.78 is 6.98. The van der Waals surface area contributed by atoms with Gasteiger partial charge in [0, 0.05) is 17.1 Å². The molecule has 2 atom stereocenters. The van der Waals surface area contributed by atoms with Crippen LogP contribution in [-0.2, 0) is 9.59 Å². The van der Waals surface area contributed by atoms with Gasteiger partial charge in [-0.25, -0.2) is 14.6 Å². The quantitative estimate of drug-likeness (QED) is 0.323. The minimum absolute atomic E-state index is 0.709. The number of hydrogen-bond donors (Lipinski definition) is 4. The average Bonchev–Trinajstić information content (AvgIpc) is 3.24. The fourth-order valence-electron chi connectivity index (χ4n) is 2.82. The van der Waals surface area contributed by atoms with Crippen LogP contribution in [0.3, 0.4) is 0 Å². The third kappa shape index (κ3) is 7.93. The van der Waals surface area contributed by atoms with Crippen molar-refractivity contribution >= 4 is 45.1 Å². The van der Waals surface area contributed by atoms with Crippen LogP contribution in [0.1, 0.15) is 13.8 Å². The van der Waals surface area contributed by atoms with Crippen LogP contribution in [0.15, 0.2) is 42.5 Å². The van der Waals surface area contributed by atoms with E-state index in [9.17, 15) is 9.59 Å². The highest BCUT2D eigenvalue weighted by molar-refractivity contribution is 7.21. The Labute approximate surface area is 205 Å². The first-order valence-electron chi connectivity index (χ1n) is 10.5. The smallest absolute Gasteiger partial charge is 0.335 e. The van der Waals surface area contributed by atoms with Gasteiger partial charge in [-0.2, -0.15) is 0 Å². The van der Waals surface area contributed by atoms with E-state index >= 15 is 0 Å². The van der Waals surface area contributed by atoms with Crippen molar-refractivity contribution in [1.82, 2.24) is 9.88 Å². The number of benzene rings is 2. The molecule has 4 N–H and O–H groups in total. The maximum atomic E-state index is 9.77. The first-order chi connectivity index (χ1) is 16.2. The molecule has 9 nitrogen and oxygen atoms in total. The van der Waals surface area contributed by atoms with Crippen molar-refractivity contribution in [3.63, 3.8) is 0 Å². The number of likely N-dealkylation sites (N-methyl/N-ethyl adjacent to an activating group) is 1. The van der Waals surface area contributed by atoms with Gasteiger partial charge in [-0.3, -0.25) is 0 Å². The molecule has 0 aliphatic rings. The number of halogens is 1. The number of rotatable bonds is 10. The van der Waals surface area contributed by atoms with E-state index in [-0.39, 0.29) is 0 Å². The average molecular weight is 511 g/mol. The number of carboxylic acids is 2. The van der Waals surface area contributed by atoms with Gasteiger partial charge in [0.25, 0.3) is 0 Å². The predicted octanol–water partition coefficient (Wildman–Crippen LogP) is 3.21. The third-order valence-electron chi connectivity index (χ3n) is 4.83. The van der Waals surface area contributed by atoms with Gasteiger partial charge in [0.15, 0.2) is 12.2 Å². The molecular weight excluding hydrogens is 484 g/mol. The number of ether oxygens (including phenoxy) is 1. The molecule has 0 saturated carbocycles. The summed E-state index contributed by atoms with van der Waals surface area (Å²) in [6.45, 7) is 8.11. The lowest BCUT2D eigenvalue weighted by atomic mass is 10.2. The van der Waals surface area contributed by atoms with Gasteiger partial charge in [0.1, 0.15) is 17.4 Å². The van der Waals surface area contributed by atoms with Gasteiger partial charge in [0.05, 0.1) is 10.2 Å². The summed E-state index contributed by atoms with van der Waals surface area (Å²) >= 11 is 7.71. The Kier molecular flexibility index (Phi) is 10.7. The van der Waals surface area contributed by atoms with Crippen LogP contribution in [0.2, 0.25) is 5.02 Å². The molecule has 2 aromatic carbocycles. The minimum Gasteiger partial charge on any atom is -0.492 e. The molecular formula is C23H27ClN2O7S. The van der Waals surface area contributed by atoms with Crippen molar-refractivity contribution < 1.29 is 34.8 Å².